The summed E-state index contributed by atoms with van der Waals surface area (Å²) >= 11 is 0. The van der Waals surface area contributed by atoms with E-state index in [1.54, 1.807) is 24.4 Å². The molecule has 2 aromatic carbocycles. The van der Waals surface area contributed by atoms with Crippen LogP contribution in [0.4, 0.5) is 5.69 Å². The summed E-state index contributed by atoms with van der Waals surface area (Å²) in [4.78, 5) is 4.20. The van der Waals surface area contributed by atoms with Crippen molar-refractivity contribution < 1.29 is 10.2 Å². The molecule has 0 aliphatic carbocycles. The van der Waals surface area contributed by atoms with E-state index in [-0.39, 0.29) is 11.5 Å². The number of rotatable bonds is 2. The molecular formula is C15H15NO2. The van der Waals surface area contributed by atoms with Gasteiger partial charge in [-0.25, -0.2) is 0 Å². The normalized spacial score (nSPS) is 11.0. The number of aromatic hydroxyl groups is 2. The van der Waals surface area contributed by atoms with Crippen molar-refractivity contribution in [1.29, 1.82) is 0 Å². The molecule has 0 spiro atoms. The lowest BCUT2D eigenvalue weighted by atomic mass is 10.1. The monoisotopic (exact) mass is 241 g/mol. The first-order chi connectivity index (χ1) is 8.58. The first kappa shape index (κ1) is 12.2. The van der Waals surface area contributed by atoms with Crippen molar-refractivity contribution in [1.82, 2.24) is 0 Å². The summed E-state index contributed by atoms with van der Waals surface area (Å²) in [5.74, 6) is 0.345. The van der Waals surface area contributed by atoms with E-state index in [2.05, 4.69) is 4.99 Å². The van der Waals surface area contributed by atoms with Gasteiger partial charge in [0, 0.05) is 11.8 Å². The van der Waals surface area contributed by atoms with Gasteiger partial charge in [0.05, 0.1) is 0 Å². The van der Waals surface area contributed by atoms with Gasteiger partial charge in [-0.05, 0) is 43.2 Å². The molecule has 0 aromatic heterocycles. The molecule has 3 heteroatoms. The molecule has 2 aromatic rings. The number of benzene rings is 2. The van der Waals surface area contributed by atoms with E-state index in [0.29, 0.717) is 11.3 Å². The van der Waals surface area contributed by atoms with Crippen molar-refractivity contribution in [2.24, 2.45) is 4.99 Å². The average Bonchev–Trinajstić information content (AvgIpc) is 2.35. The van der Waals surface area contributed by atoms with Crippen LogP contribution in [-0.4, -0.2) is 16.4 Å². The Morgan fingerprint density at radius 3 is 2.61 bits per heavy atom. The Labute approximate surface area is 106 Å². The van der Waals surface area contributed by atoms with Gasteiger partial charge >= 0.3 is 0 Å². The molecule has 2 N–H and O–H groups in total. The molecule has 18 heavy (non-hydrogen) atoms. The average molecular weight is 241 g/mol. The third kappa shape index (κ3) is 2.51. The van der Waals surface area contributed by atoms with E-state index in [1.807, 2.05) is 32.0 Å². The van der Waals surface area contributed by atoms with Crippen LogP contribution in [0.25, 0.3) is 0 Å². The summed E-state index contributed by atoms with van der Waals surface area (Å²) < 4.78 is 0. The van der Waals surface area contributed by atoms with Crippen molar-refractivity contribution in [3.63, 3.8) is 0 Å². The Bertz CT molecular complexity index is 599. The fourth-order valence-electron chi connectivity index (χ4n) is 1.66. The molecule has 3 nitrogen and oxygen atoms in total. The van der Waals surface area contributed by atoms with Crippen LogP contribution in [0.3, 0.4) is 0 Å². The van der Waals surface area contributed by atoms with Crippen molar-refractivity contribution in [3.8, 4) is 11.5 Å². The van der Waals surface area contributed by atoms with Crippen molar-refractivity contribution >= 4 is 11.9 Å². The first-order valence-electron chi connectivity index (χ1n) is 5.70. The number of aryl methyl sites for hydroxylation is 2. The maximum atomic E-state index is 9.85. The summed E-state index contributed by atoms with van der Waals surface area (Å²) in [5, 5.41) is 19.5. The number of nitrogens with zero attached hydrogens (tertiary/aromatic N) is 1. The Balaban J connectivity index is 2.36. The molecule has 0 unspecified atom stereocenters. The van der Waals surface area contributed by atoms with Crippen LogP contribution in [-0.2, 0) is 0 Å². The Kier molecular flexibility index (Phi) is 3.33. The Hall–Kier alpha value is -2.29. The van der Waals surface area contributed by atoms with E-state index < -0.39 is 0 Å². The summed E-state index contributed by atoms with van der Waals surface area (Å²) in [7, 11) is 0. The van der Waals surface area contributed by atoms with Gasteiger partial charge < -0.3 is 10.2 Å². The van der Waals surface area contributed by atoms with E-state index in [4.69, 9.17) is 0 Å². The van der Waals surface area contributed by atoms with E-state index in [9.17, 15) is 10.2 Å². The molecule has 0 radical (unpaired) electrons. The highest BCUT2D eigenvalue weighted by atomic mass is 16.3. The van der Waals surface area contributed by atoms with Gasteiger partial charge in [0.2, 0.25) is 0 Å². The largest absolute Gasteiger partial charge is 0.507 e. The van der Waals surface area contributed by atoms with Gasteiger partial charge in [-0.2, -0.15) is 0 Å². The van der Waals surface area contributed by atoms with Crippen LogP contribution >= 0.6 is 0 Å². The minimum atomic E-state index is 0.129. The third-order valence-corrected chi connectivity index (χ3v) is 2.74. The summed E-state index contributed by atoms with van der Waals surface area (Å²) in [6.45, 7) is 3.76. The standard InChI is InChI=1S/C15H15NO2/c1-10-6-7-14(17)13(8-10)16-9-12-5-3-4-11(2)15(12)18/h3-9,17-18H,1-2H3. The molecule has 0 heterocycles. The summed E-state index contributed by atoms with van der Waals surface area (Å²) in [6, 6.07) is 10.7. The SMILES string of the molecule is Cc1ccc(O)c(N=Cc2cccc(C)c2O)c1. The lowest BCUT2D eigenvalue weighted by molar-refractivity contribution is 0.470. The van der Waals surface area contributed by atoms with Gasteiger partial charge in [0.15, 0.2) is 0 Å². The minimum Gasteiger partial charge on any atom is -0.507 e. The highest BCUT2D eigenvalue weighted by Gasteiger charge is 2.02. The third-order valence-electron chi connectivity index (χ3n) is 2.74. The molecular weight excluding hydrogens is 226 g/mol. The molecule has 0 bridgehead atoms. The molecule has 0 aliphatic heterocycles. The second-order valence-corrected chi connectivity index (χ2v) is 4.26. The van der Waals surface area contributed by atoms with Crippen LogP contribution in [0.15, 0.2) is 41.4 Å². The summed E-state index contributed by atoms with van der Waals surface area (Å²) in [5.41, 5.74) is 2.95. The lowest BCUT2D eigenvalue weighted by Gasteiger charge is -2.03. The molecule has 0 amide bonds. The van der Waals surface area contributed by atoms with Crippen LogP contribution in [0.2, 0.25) is 0 Å². The van der Waals surface area contributed by atoms with Gasteiger partial charge in [-0.1, -0.05) is 18.2 Å². The van der Waals surface area contributed by atoms with Gasteiger partial charge in [-0.3, -0.25) is 4.99 Å². The second kappa shape index (κ2) is 4.92. The predicted molar refractivity (Wildman–Crippen MR) is 72.9 cm³/mol. The van der Waals surface area contributed by atoms with Gasteiger partial charge in [0.25, 0.3) is 0 Å². The molecule has 2 rings (SSSR count). The Morgan fingerprint density at radius 2 is 1.83 bits per heavy atom. The van der Waals surface area contributed by atoms with E-state index in [0.717, 1.165) is 11.1 Å². The minimum absolute atomic E-state index is 0.129. The zero-order valence-corrected chi connectivity index (χ0v) is 10.4. The quantitative estimate of drug-likeness (QED) is 0.791. The van der Waals surface area contributed by atoms with Crippen LogP contribution in [0, 0.1) is 13.8 Å². The zero-order chi connectivity index (χ0) is 13.1. The highest BCUT2D eigenvalue weighted by molar-refractivity contribution is 5.86. The van der Waals surface area contributed by atoms with Gasteiger partial charge in [0.1, 0.15) is 17.2 Å². The molecule has 0 saturated heterocycles. The number of phenolic OH excluding ortho intramolecular Hbond substituents is 2. The van der Waals surface area contributed by atoms with E-state index in [1.165, 1.54) is 0 Å². The first-order valence-corrected chi connectivity index (χ1v) is 5.70. The summed E-state index contributed by atoms with van der Waals surface area (Å²) in [6.07, 6.45) is 1.55. The number of hydrogen-bond acceptors (Lipinski definition) is 3. The maximum Gasteiger partial charge on any atom is 0.141 e. The fourth-order valence-corrected chi connectivity index (χ4v) is 1.66. The number of para-hydroxylation sites is 1. The topological polar surface area (TPSA) is 52.8 Å². The zero-order valence-electron chi connectivity index (χ0n) is 10.4. The lowest BCUT2D eigenvalue weighted by Crippen LogP contribution is -1.85. The number of phenols is 2. The van der Waals surface area contributed by atoms with Crippen LogP contribution in [0.5, 0.6) is 11.5 Å². The van der Waals surface area contributed by atoms with Crippen molar-refractivity contribution in [2.45, 2.75) is 13.8 Å². The number of hydrogen-bond donors (Lipinski definition) is 2. The van der Waals surface area contributed by atoms with Gasteiger partial charge in [-0.15, -0.1) is 0 Å². The fraction of sp³-hybridized carbons (Fsp3) is 0.133. The van der Waals surface area contributed by atoms with Crippen LogP contribution in [0.1, 0.15) is 16.7 Å². The maximum absolute atomic E-state index is 9.85. The molecule has 0 atom stereocenters. The van der Waals surface area contributed by atoms with Crippen LogP contribution < -0.4 is 0 Å². The molecule has 0 aliphatic rings. The smallest absolute Gasteiger partial charge is 0.141 e. The molecule has 0 fully saturated rings. The Morgan fingerprint density at radius 1 is 1.06 bits per heavy atom. The van der Waals surface area contributed by atoms with Crippen molar-refractivity contribution in [3.05, 3.63) is 53.1 Å². The molecule has 92 valence electrons. The second-order valence-electron chi connectivity index (χ2n) is 4.26. The predicted octanol–water partition coefficient (Wildman–Crippen LogP) is 3.47. The highest BCUT2D eigenvalue weighted by Crippen LogP contribution is 2.27. The van der Waals surface area contributed by atoms with E-state index >= 15 is 0 Å². The number of aliphatic imine (C=N–C) groups is 1. The van der Waals surface area contributed by atoms with Crippen molar-refractivity contribution in [2.75, 3.05) is 0 Å². The molecule has 0 saturated carbocycles.